The third-order valence-corrected chi connectivity index (χ3v) is 5.09. The van der Waals surface area contributed by atoms with Gasteiger partial charge in [-0.2, -0.15) is 5.06 Å². The smallest absolute Gasteiger partial charge is 0.267 e. The van der Waals surface area contributed by atoms with Crippen molar-refractivity contribution in [3.8, 4) is 0 Å². The Kier molecular flexibility index (Phi) is 6.36. The SMILES string of the molecule is CCSC1CC(=O)N(OC2CCCCCCCC2)C1=O. The normalized spacial score (nSPS) is 26.4. The van der Waals surface area contributed by atoms with E-state index < -0.39 is 0 Å². The van der Waals surface area contributed by atoms with Gasteiger partial charge in [0.1, 0.15) is 0 Å². The first-order chi connectivity index (χ1) is 9.72. The molecule has 1 aliphatic carbocycles. The van der Waals surface area contributed by atoms with E-state index in [1.807, 2.05) is 6.92 Å². The maximum absolute atomic E-state index is 12.2. The average Bonchev–Trinajstić information content (AvgIpc) is 2.76. The zero-order valence-electron chi connectivity index (χ0n) is 12.3. The summed E-state index contributed by atoms with van der Waals surface area (Å²) in [5.41, 5.74) is 0. The van der Waals surface area contributed by atoms with Gasteiger partial charge in [0.15, 0.2) is 0 Å². The molecule has 0 bridgehead atoms. The van der Waals surface area contributed by atoms with Crippen LogP contribution in [0.1, 0.15) is 64.7 Å². The topological polar surface area (TPSA) is 46.6 Å². The molecule has 2 amide bonds. The molecule has 0 aromatic rings. The molecule has 0 spiro atoms. The van der Waals surface area contributed by atoms with Crippen LogP contribution in [-0.2, 0) is 14.4 Å². The van der Waals surface area contributed by atoms with Crippen molar-refractivity contribution in [1.82, 2.24) is 5.06 Å². The lowest BCUT2D eigenvalue weighted by Crippen LogP contribution is -2.35. The molecular weight excluding hydrogens is 274 g/mol. The standard InChI is InChI=1S/C15H25NO3S/c1-2-20-13-11-14(17)16(15(13)18)19-12-9-7-5-3-4-6-8-10-12/h12-13H,2-11H2,1H3. The van der Waals surface area contributed by atoms with Crippen LogP contribution in [0.25, 0.3) is 0 Å². The van der Waals surface area contributed by atoms with Crippen molar-refractivity contribution in [2.24, 2.45) is 0 Å². The molecule has 1 atom stereocenters. The second-order valence-electron chi connectivity index (χ2n) is 5.60. The number of nitrogens with zero attached hydrogens (tertiary/aromatic N) is 1. The predicted molar refractivity (Wildman–Crippen MR) is 80.2 cm³/mol. The highest BCUT2D eigenvalue weighted by Crippen LogP contribution is 2.27. The fourth-order valence-corrected chi connectivity index (χ4v) is 3.78. The summed E-state index contributed by atoms with van der Waals surface area (Å²) in [6.45, 7) is 2.00. The van der Waals surface area contributed by atoms with Crippen molar-refractivity contribution in [2.75, 3.05) is 5.75 Å². The molecule has 1 unspecified atom stereocenters. The summed E-state index contributed by atoms with van der Waals surface area (Å²) in [4.78, 5) is 29.9. The zero-order chi connectivity index (χ0) is 14.4. The van der Waals surface area contributed by atoms with Gasteiger partial charge in [-0.25, -0.2) is 0 Å². The minimum Gasteiger partial charge on any atom is -0.272 e. The molecule has 0 aromatic carbocycles. The average molecular weight is 299 g/mol. The molecule has 114 valence electrons. The summed E-state index contributed by atoms with van der Waals surface area (Å²) in [5.74, 6) is 0.531. The number of imide groups is 1. The summed E-state index contributed by atoms with van der Waals surface area (Å²) in [6, 6.07) is 0. The molecule has 2 aliphatic rings. The van der Waals surface area contributed by atoms with Crippen LogP contribution in [0.5, 0.6) is 0 Å². The Morgan fingerprint density at radius 3 is 2.30 bits per heavy atom. The number of amides is 2. The van der Waals surface area contributed by atoms with Gasteiger partial charge in [-0.3, -0.25) is 14.4 Å². The van der Waals surface area contributed by atoms with E-state index in [0.29, 0.717) is 6.42 Å². The van der Waals surface area contributed by atoms with Gasteiger partial charge in [0.2, 0.25) is 0 Å². The largest absolute Gasteiger partial charge is 0.272 e. The Balaban J connectivity index is 1.90. The molecule has 1 saturated heterocycles. The second-order valence-corrected chi connectivity index (χ2v) is 7.08. The summed E-state index contributed by atoms with van der Waals surface area (Å²) < 4.78 is 0. The third-order valence-electron chi connectivity index (χ3n) is 3.99. The monoisotopic (exact) mass is 299 g/mol. The quantitative estimate of drug-likeness (QED) is 0.747. The van der Waals surface area contributed by atoms with Crippen molar-refractivity contribution < 1.29 is 14.4 Å². The molecule has 0 radical (unpaired) electrons. The van der Waals surface area contributed by atoms with Crippen molar-refractivity contribution >= 4 is 23.6 Å². The Hall–Kier alpha value is -0.550. The van der Waals surface area contributed by atoms with Crippen molar-refractivity contribution in [1.29, 1.82) is 0 Å². The van der Waals surface area contributed by atoms with E-state index in [9.17, 15) is 9.59 Å². The molecule has 1 aliphatic heterocycles. The van der Waals surface area contributed by atoms with E-state index in [0.717, 1.165) is 36.5 Å². The third kappa shape index (κ3) is 4.22. The van der Waals surface area contributed by atoms with Gasteiger partial charge in [0.25, 0.3) is 11.8 Å². The number of hydroxylamine groups is 2. The van der Waals surface area contributed by atoms with E-state index in [4.69, 9.17) is 4.84 Å². The zero-order valence-corrected chi connectivity index (χ0v) is 13.1. The Morgan fingerprint density at radius 2 is 1.70 bits per heavy atom. The van der Waals surface area contributed by atoms with Crippen LogP contribution in [0.2, 0.25) is 0 Å². The highest BCUT2D eigenvalue weighted by molar-refractivity contribution is 8.00. The van der Waals surface area contributed by atoms with Gasteiger partial charge >= 0.3 is 0 Å². The van der Waals surface area contributed by atoms with Gasteiger partial charge in [-0.1, -0.05) is 45.4 Å². The fraction of sp³-hybridized carbons (Fsp3) is 0.867. The van der Waals surface area contributed by atoms with Gasteiger partial charge < -0.3 is 0 Å². The van der Waals surface area contributed by atoms with Crippen molar-refractivity contribution in [3.05, 3.63) is 0 Å². The molecule has 2 fully saturated rings. The van der Waals surface area contributed by atoms with Gasteiger partial charge in [0, 0.05) is 0 Å². The lowest BCUT2D eigenvalue weighted by Gasteiger charge is -2.22. The lowest BCUT2D eigenvalue weighted by atomic mass is 10.1. The minimum absolute atomic E-state index is 0.0337. The molecule has 1 heterocycles. The number of carbonyl (C=O) groups excluding carboxylic acids is 2. The molecule has 0 aromatic heterocycles. The number of carbonyl (C=O) groups is 2. The van der Waals surface area contributed by atoms with Crippen LogP contribution in [-0.4, -0.2) is 34.0 Å². The van der Waals surface area contributed by atoms with Crippen LogP contribution < -0.4 is 0 Å². The molecule has 0 N–H and O–H groups in total. The molecule has 20 heavy (non-hydrogen) atoms. The highest BCUT2D eigenvalue weighted by atomic mass is 32.2. The number of hydrogen-bond acceptors (Lipinski definition) is 4. The first kappa shape index (κ1) is 15.8. The Morgan fingerprint density at radius 1 is 1.10 bits per heavy atom. The minimum atomic E-state index is -0.233. The number of thioether (sulfide) groups is 1. The van der Waals surface area contributed by atoms with Crippen LogP contribution in [0, 0.1) is 0 Å². The summed E-state index contributed by atoms with van der Waals surface area (Å²) in [7, 11) is 0. The summed E-state index contributed by atoms with van der Waals surface area (Å²) in [6.07, 6.45) is 9.57. The lowest BCUT2D eigenvalue weighted by molar-refractivity contribution is -0.204. The molecule has 1 saturated carbocycles. The van der Waals surface area contributed by atoms with E-state index in [1.54, 1.807) is 0 Å². The van der Waals surface area contributed by atoms with Crippen LogP contribution >= 0.6 is 11.8 Å². The fourth-order valence-electron chi connectivity index (χ4n) is 2.87. The van der Waals surface area contributed by atoms with Gasteiger partial charge in [-0.05, 0) is 18.6 Å². The van der Waals surface area contributed by atoms with Crippen LogP contribution in [0.3, 0.4) is 0 Å². The Bertz CT molecular complexity index is 338. The highest BCUT2D eigenvalue weighted by Gasteiger charge is 2.40. The van der Waals surface area contributed by atoms with E-state index in [1.165, 1.54) is 37.4 Å². The first-order valence-electron chi connectivity index (χ1n) is 7.87. The molecule has 2 rings (SSSR count). The first-order valence-corrected chi connectivity index (χ1v) is 8.92. The summed E-state index contributed by atoms with van der Waals surface area (Å²) >= 11 is 1.54. The molecule has 5 heteroatoms. The van der Waals surface area contributed by atoms with Crippen molar-refractivity contribution in [2.45, 2.75) is 76.1 Å². The predicted octanol–water partition coefficient (Wildman–Crippen LogP) is 3.30. The van der Waals surface area contributed by atoms with Crippen LogP contribution in [0.15, 0.2) is 0 Å². The maximum Gasteiger partial charge on any atom is 0.267 e. The molecule has 4 nitrogen and oxygen atoms in total. The number of rotatable bonds is 4. The summed E-state index contributed by atoms with van der Waals surface area (Å²) in [5, 5.41) is 0.833. The van der Waals surface area contributed by atoms with Crippen molar-refractivity contribution in [3.63, 3.8) is 0 Å². The maximum atomic E-state index is 12.2. The Labute approximate surface area is 125 Å². The molecular formula is C15H25NO3S. The number of hydrogen-bond donors (Lipinski definition) is 0. The van der Waals surface area contributed by atoms with Gasteiger partial charge in [0.05, 0.1) is 17.8 Å². The van der Waals surface area contributed by atoms with E-state index in [2.05, 4.69) is 0 Å². The van der Waals surface area contributed by atoms with E-state index in [-0.39, 0.29) is 23.2 Å². The van der Waals surface area contributed by atoms with Gasteiger partial charge in [-0.15, -0.1) is 11.8 Å². The van der Waals surface area contributed by atoms with E-state index >= 15 is 0 Å². The van der Waals surface area contributed by atoms with Crippen LogP contribution in [0.4, 0.5) is 0 Å². The second kappa shape index (κ2) is 8.03.